The zero-order valence-electron chi connectivity index (χ0n) is 12.7. The van der Waals surface area contributed by atoms with Crippen molar-refractivity contribution in [1.29, 1.82) is 0 Å². The number of ether oxygens (including phenoxy) is 2. The van der Waals surface area contributed by atoms with Gasteiger partial charge in [0.2, 0.25) is 0 Å². The zero-order valence-corrected chi connectivity index (χ0v) is 12.7. The number of hydrogen-bond acceptors (Lipinski definition) is 5. The molecule has 22 heavy (non-hydrogen) atoms. The van der Waals surface area contributed by atoms with E-state index < -0.39 is 5.60 Å². The summed E-state index contributed by atoms with van der Waals surface area (Å²) in [5.74, 6) is -0.206. The van der Waals surface area contributed by atoms with Gasteiger partial charge in [0.05, 0.1) is 31.0 Å². The minimum Gasteiger partial charge on any atom is -0.466 e. The Balaban J connectivity index is 1.65. The summed E-state index contributed by atoms with van der Waals surface area (Å²) in [5, 5.41) is 0. The predicted octanol–water partition coefficient (Wildman–Crippen LogP) is 2.53. The molecule has 118 valence electrons. The first-order valence-corrected chi connectivity index (χ1v) is 7.71. The summed E-state index contributed by atoms with van der Waals surface area (Å²) < 4.78 is 10.7. The molecule has 1 aromatic rings. The Morgan fingerprint density at radius 2 is 2.27 bits per heavy atom. The maximum absolute atomic E-state index is 12.2. The fourth-order valence-corrected chi connectivity index (χ4v) is 3.24. The molecule has 1 aromatic heterocycles. The molecule has 6 nitrogen and oxygen atoms in total. The Kier molecular flexibility index (Phi) is 4.00. The van der Waals surface area contributed by atoms with Crippen molar-refractivity contribution in [1.82, 2.24) is 4.98 Å². The van der Waals surface area contributed by atoms with Crippen LogP contribution in [-0.4, -0.2) is 35.8 Å². The molecular weight excluding hydrogens is 284 g/mol. The topological polar surface area (TPSA) is 68.7 Å². The summed E-state index contributed by atoms with van der Waals surface area (Å²) in [6, 6.07) is 3.64. The fourth-order valence-electron chi connectivity index (χ4n) is 3.24. The number of pyridine rings is 1. The molecule has 3 rings (SSSR count). The van der Waals surface area contributed by atoms with Crippen molar-refractivity contribution in [2.45, 2.75) is 38.2 Å². The first-order valence-electron chi connectivity index (χ1n) is 7.71. The standard InChI is InChI=1S/C16H20N2O4/c1-2-21-14(19)12-5-7-16(8-6-12)11-18(15(20)22-16)13-4-3-9-17-10-13/h3-4,9-10,12H,2,5-8,11H2,1H3/t12-,16-. The summed E-state index contributed by atoms with van der Waals surface area (Å²) in [5.41, 5.74) is 0.271. The predicted molar refractivity (Wildman–Crippen MR) is 79.4 cm³/mol. The lowest BCUT2D eigenvalue weighted by Gasteiger charge is -2.34. The van der Waals surface area contributed by atoms with Gasteiger partial charge in [-0.1, -0.05) is 0 Å². The second-order valence-corrected chi connectivity index (χ2v) is 5.87. The number of esters is 1. The Bertz CT molecular complexity index is 553. The molecule has 1 aliphatic heterocycles. The van der Waals surface area contributed by atoms with Gasteiger partial charge < -0.3 is 9.47 Å². The number of rotatable bonds is 3. The highest BCUT2D eigenvalue weighted by atomic mass is 16.6. The minimum atomic E-state index is -0.476. The SMILES string of the molecule is CCOC(=O)[C@H]1CC[C@]2(CC1)CN(c1cccnc1)C(=O)O2. The van der Waals surface area contributed by atoms with E-state index in [1.165, 1.54) is 0 Å². The molecule has 0 radical (unpaired) electrons. The van der Waals surface area contributed by atoms with Crippen LogP contribution in [0.1, 0.15) is 32.6 Å². The lowest BCUT2D eigenvalue weighted by molar-refractivity contribution is -0.150. The van der Waals surface area contributed by atoms with Gasteiger partial charge in [0.15, 0.2) is 0 Å². The Labute approximate surface area is 129 Å². The molecule has 6 heteroatoms. The Morgan fingerprint density at radius 1 is 1.50 bits per heavy atom. The second-order valence-electron chi connectivity index (χ2n) is 5.87. The van der Waals surface area contributed by atoms with E-state index in [0.717, 1.165) is 5.69 Å². The lowest BCUT2D eigenvalue weighted by atomic mass is 9.78. The molecule has 0 atom stereocenters. The number of anilines is 1. The van der Waals surface area contributed by atoms with Crippen molar-refractivity contribution in [3.8, 4) is 0 Å². The molecule has 1 amide bonds. The summed E-state index contributed by atoms with van der Waals surface area (Å²) >= 11 is 0. The number of nitrogens with zero attached hydrogens (tertiary/aromatic N) is 2. The number of hydrogen-bond donors (Lipinski definition) is 0. The molecule has 0 aromatic carbocycles. The van der Waals surface area contributed by atoms with Crippen molar-refractivity contribution >= 4 is 17.7 Å². The molecule has 0 bridgehead atoms. The maximum atomic E-state index is 12.2. The van der Waals surface area contributed by atoms with Gasteiger partial charge in [-0.05, 0) is 44.7 Å². The molecular formula is C16H20N2O4. The number of carbonyl (C=O) groups excluding carboxylic acids is 2. The first-order chi connectivity index (χ1) is 10.6. The van der Waals surface area contributed by atoms with Crippen LogP contribution < -0.4 is 4.90 Å². The van der Waals surface area contributed by atoms with Crippen LogP contribution in [0.15, 0.2) is 24.5 Å². The average Bonchev–Trinajstić information content (AvgIpc) is 2.85. The number of carbonyl (C=O) groups is 2. The van der Waals surface area contributed by atoms with Crippen molar-refractivity contribution in [3.05, 3.63) is 24.5 Å². The average molecular weight is 304 g/mol. The van der Waals surface area contributed by atoms with E-state index in [1.807, 2.05) is 13.0 Å². The van der Waals surface area contributed by atoms with Crippen LogP contribution in [0.2, 0.25) is 0 Å². The fraction of sp³-hybridized carbons (Fsp3) is 0.562. The lowest BCUT2D eigenvalue weighted by Crippen LogP contribution is -2.40. The van der Waals surface area contributed by atoms with Gasteiger partial charge in [-0.3, -0.25) is 14.7 Å². The summed E-state index contributed by atoms with van der Waals surface area (Å²) in [7, 11) is 0. The molecule has 2 aliphatic rings. The Hall–Kier alpha value is -2.11. The molecule has 1 saturated carbocycles. The van der Waals surface area contributed by atoms with Crippen LogP contribution in [0, 0.1) is 5.92 Å². The molecule has 0 unspecified atom stereocenters. The van der Waals surface area contributed by atoms with Gasteiger partial charge in [-0.15, -0.1) is 0 Å². The smallest absolute Gasteiger partial charge is 0.415 e. The van der Waals surface area contributed by atoms with Gasteiger partial charge in [0, 0.05) is 6.20 Å². The highest BCUT2D eigenvalue weighted by molar-refractivity contribution is 5.90. The van der Waals surface area contributed by atoms with Crippen molar-refractivity contribution in [2.24, 2.45) is 5.92 Å². The van der Waals surface area contributed by atoms with Crippen LogP contribution in [0.5, 0.6) is 0 Å². The third-order valence-electron chi connectivity index (χ3n) is 4.44. The highest BCUT2D eigenvalue weighted by Crippen LogP contribution is 2.40. The van der Waals surface area contributed by atoms with Crippen LogP contribution in [0.4, 0.5) is 10.5 Å². The molecule has 2 fully saturated rings. The van der Waals surface area contributed by atoms with E-state index in [9.17, 15) is 9.59 Å². The quantitative estimate of drug-likeness (QED) is 0.803. The monoisotopic (exact) mass is 304 g/mol. The van der Waals surface area contributed by atoms with E-state index in [-0.39, 0.29) is 18.0 Å². The van der Waals surface area contributed by atoms with E-state index >= 15 is 0 Å². The maximum Gasteiger partial charge on any atom is 0.415 e. The third kappa shape index (κ3) is 2.77. The van der Waals surface area contributed by atoms with Crippen molar-refractivity contribution < 1.29 is 19.1 Å². The summed E-state index contributed by atoms with van der Waals surface area (Å²) in [6.45, 7) is 2.74. The summed E-state index contributed by atoms with van der Waals surface area (Å²) in [4.78, 5) is 29.6. The zero-order chi connectivity index (χ0) is 15.6. The molecule has 2 heterocycles. The molecule has 1 aliphatic carbocycles. The molecule has 1 saturated heterocycles. The highest BCUT2D eigenvalue weighted by Gasteiger charge is 2.48. The first kappa shape index (κ1) is 14.8. The van der Waals surface area contributed by atoms with Crippen LogP contribution in [-0.2, 0) is 14.3 Å². The van der Waals surface area contributed by atoms with E-state index in [1.54, 1.807) is 23.4 Å². The molecule has 0 N–H and O–H groups in total. The third-order valence-corrected chi connectivity index (χ3v) is 4.44. The second kappa shape index (κ2) is 5.94. The van der Waals surface area contributed by atoms with Gasteiger partial charge in [0.1, 0.15) is 5.60 Å². The molecule has 1 spiro atoms. The van der Waals surface area contributed by atoms with Crippen LogP contribution >= 0.6 is 0 Å². The number of aromatic nitrogens is 1. The van der Waals surface area contributed by atoms with E-state index in [0.29, 0.717) is 38.8 Å². The number of amides is 1. The Morgan fingerprint density at radius 3 is 2.91 bits per heavy atom. The van der Waals surface area contributed by atoms with Gasteiger partial charge in [-0.25, -0.2) is 4.79 Å². The summed E-state index contributed by atoms with van der Waals surface area (Å²) in [6.07, 6.45) is 5.79. The van der Waals surface area contributed by atoms with Crippen molar-refractivity contribution in [2.75, 3.05) is 18.1 Å². The van der Waals surface area contributed by atoms with E-state index in [4.69, 9.17) is 9.47 Å². The normalized spacial score (nSPS) is 27.8. The van der Waals surface area contributed by atoms with Crippen LogP contribution in [0.3, 0.4) is 0 Å². The van der Waals surface area contributed by atoms with Crippen molar-refractivity contribution in [3.63, 3.8) is 0 Å². The van der Waals surface area contributed by atoms with Crippen LogP contribution in [0.25, 0.3) is 0 Å². The minimum absolute atomic E-state index is 0.0725. The van der Waals surface area contributed by atoms with Gasteiger partial charge >= 0.3 is 12.1 Å². The van der Waals surface area contributed by atoms with E-state index in [2.05, 4.69) is 4.98 Å². The van der Waals surface area contributed by atoms with Gasteiger partial charge in [-0.2, -0.15) is 0 Å². The largest absolute Gasteiger partial charge is 0.466 e. The van der Waals surface area contributed by atoms with Gasteiger partial charge in [0.25, 0.3) is 0 Å².